The van der Waals surface area contributed by atoms with Crippen LogP contribution >= 0.6 is 0 Å². The number of benzene rings is 1. The van der Waals surface area contributed by atoms with Gasteiger partial charge in [-0.2, -0.15) is 0 Å². The molecule has 1 heterocycles. The molecule has 0 unspecified atom stereocenters. The van der Waals surface area contributed by atoms with Crippen LogP contribution in [-0.4, -0.2) is 34.9 Å². The van der Waals surface area contributed by atoms with Crippen LogP contribution in [0, 0.1) is 10.1 Å². The lowest BCUT2D eigenvalue weighted by Crippen LogP contribution is -2.41. The first-order chi connectivity index (χ1) is 10.4. The number of H-pyrrole nitrogens is 1. The van der Waals surface area contributed by atoms with Gasteiger partial charge in [-0.25, -0.2) is 4.79 Å². The van der Waals surface area contributed by atoms with Crippen LogP contribution in [0.2, 0.25) is 0 Å². The highest BCUT2D eigenvalue weighted by Gasteiger charge is 2.22. The Hall–Kier alpha value is -2.90. The van der Waals surface area contributed by atoms with Crippen LogP contribution in [0.3, 0.4) is 0 Å². The molecule has 0 bridgehead atoms. The van der Waals surface area contributed by atoms with Gasteiger partial charge in [0.05, 0.1) is 17.5 Å². The van der Waals surface area contributed by atoms with Gasteiger partial charge in [0.1, 0.15) is 6.04 Å². The van der Waals surface area contributed by atoms with E-state index in [0.717, 1.165) is 10.9 Å². The maximum atomic E-state index is 11.7. The predicted octanol–water partition coefficient (Wildman–Crippen LogP) is 1.30. The number of aromatic nitrogens is 1. The highest BCUT2D eigenvalue weighted by atomic mass is 16.6. The van der Waals surface area contributed by atoms with Gasteiger partial charge in [-0.1, -0.05) is 0 Å². The van der Waals surface area contributed by atoms with Gasteiger partial charge in [0.2, 0.25) is 5.91 Å². The summed E-state index contributed by atoms with van der Waals surface area (Å²) in [6.45, 7) is 1.31. The second-order valence-electron chi connectivity index (χ2n) is 4.78. The number of amides is 1. The van der Waals surface area contributed by atoms with Gasteiger partial charge < -0.3 is 15.0 Å². The summed E-state index contributed by atoms with van der Waals surface area (Å²) in [5, 5.41) is 14.0. The van der Waals surface area contributed by atoms with Crippen LogP contribution in [0.5, 0.6) is 0 Å². The number of methoxy groups -OCH3 is 1. The van der Waals surface area contributed by atoms with Gasteiger partial charge in [0, 0.05) is 37.1 Å². The van der Waals surface area contributed by atoms with Crippen LogP contribution in [0.15, 0.2) is 24.4 Å². The SMILES string of the molecule is COC(=O)[C@H](Cc1c[nH]c2cc([N+](=O)[O-])ccc12)NC(C)=O. The van der Waals surface area contributed by atoms with E-state index >= 15 is 0 Å². The molecule has 1 atom stereocenters. The Kier molecular flexibility index (Phi) is 4.40. The van der Waals surface area contributed by atoms with Crippen LogP contribution in [0.1, 0.15) is 12.5 Å². The molecular formula is C14H15N3O5. The van der Waals surface area contributed by atoms with Gasteiger partial charge in [0.25, 0.3) is 5.69 Å². The Bertz CT molecular complexity index is 737. The van der Waals surface area contributed by atoms with E-state index < -0.39 is 16.9 Å². The normalized spacial score (nSPS) is 11.9. The van der Waals surface area contributed by atoms with Crippen molar-refractivity contribution in [3.63, 3.8) is 0 Å². The molecule has 1 amide bonds. The van der Waals surface area contributed by atoms with Gasteiger partial charge in [-0.05, 0) is 11.6 Å². The molecule has 1 aromatic carbocycles. The number of carbonyl (C=O) groups is 2. The molecule has 0 aliphatic rings. The molecule has 8 heteroatoms. The molecule has 0 fully saturated rings. The van der Waals surface area contributed by atoms with E-state index in [2.05, 4.69) is 15.0 Å². The van der Waals surface area contributed by atoms with Crippen LogP contribution in [0.4, 0.5) is 5.69 Å². The number of rotatable bonds is 5. The number of nitrogens with zero attached hydrogens (tertiary/aromatic N) is 1. The van der Waals surface area contributed by atoms with Crippen molar-refractivity contribution >= 4 is 28.5 Å². The minimum atomic E-state index is -0.809. The minimum absolute atomic E-state index is 0.0210. The summed E-state index contributed by atoms with van der Waals surface area (Å²) in [5.41, 5.74) is 1.33. The first-order valence-corrected chi connectivity index (χ1v) is 6.51. The van der Waals surface area contributed by atoms with E-state index in [1.807, 2.05) is 0 Å². The van der Waals surface area contributed by atoms with Crippen molar-refractivity contribution in [2.24, 2.45) is 0 Å². The Morgan fingerprint density at radius 3 is 2.77 bits per heavy atom. The molecule has 8 nitrogen and oxygen atoms in total. The Balaban J connectivity index is 2.31. The second kappa shape index (κ2) is 6.25. The van der Waals surface area contributed by atoms with Crippen molar-refractivity contribution in [2.75, 3.05) is 7.11 Å². The summed E-state index contributed by atoms with van der Waals surface area (Å²) < 4.78 is 4.67. The maximum absolute atomic E-state index is 11.7. The molecule has 2 aromatic rings. The molecule has 0 radical (unpaired) electrons. The lowest BCUT2D eigenvalue weighted by Gasteiger charge is -2.14. The first-order valence-electron chi connectivity index (χ1n) is 6.51. The molecule has 0 spiro atoms. The standard InChI is InChI=1S/C14H15N3O5/c1-8(18)16-13(14(19)22-2)5-9-7-15-12-6-10(17(20)21)3-4-11(9)12/h3-4,6-7,13,15H,5H2,1-2H3,(H,16,18)/t13-/m0/s1. The summed E-state index contributed by atoms with van der Waals surface area (Å²) in [6.07, 6.45) is 1.89. The van der Waals surface area contributed by atoms with Gasteiger partial charge in [0.15, 0.2) is 0 Å². The molecule has 22 heavy (non-hydrogen) atoms. The lowest BCUT2D eigenvalue weighted by molar-refractivity contribution is -0.384. The van der Waals surface area contributed by atoms with Crippen molar-refractivity contribution in [2.45, 2.75) is 19.4 Å². The lowest BCUT2D eigenvalue weighted by atomic mass is 10.0. The summed E-state index contributed by atoms with van der Waals surface area (Å²) in [5.74, 6) is -0.891. The summed E-state index contributed by atoms with van der Waals surface area (Å²) >= 11 is 0. The zero-order chi connectivity index (χ0) is 16.3. The maximum Gasteiger partial charge on any atom is 0.328 e. The number of ether oxygens (including phenoxy) is 1. The quantitative estimate of drug-likeness (QED) is 0.491. The molecule has 1 aromatic heterocycles. The molecule has 2 N–H and O–H groups in total. The number of nitrogens with one attached hydrogen (secondary N) is 2. The number of hydrogen-bond donors (Lipinski definition) is 2. The van der Waals surface area contributed by atoms with Crippen molar-refractivity contribution in [3.8, 4) is 0 Å². The van der Waals surface area contributed by atoms with Crippen molar-refractivity contribution < 1.29 is 19.2 Å². The molecule has 0 saturated heterocycles. The van der Waals surface area contributed by atoms with Crippen molar-refractivity contribution in [3.05, 3.63) is 40.1 Å². The fraction of sp³-hybridized carbons (Fsp3) is 0.286. The summed E-state index contributed by atoms with van der Waals surface area (Å²) in [4.78, 5) is 36.1. The zero-order valence-corrected chi connectivity index (χ0v) is 12.1. The molecule has 116 valence electrons. The zero-order valence-electron chi connectivity index (χ0n) is 12.1. The summed E-state index contributed by atoms with van der Waals surface area (Å²) in [7, 11) is 1.25. The van der Waals surface area contributed by atoms with Crippen molar-refractivity contribution in [1.82, 2.24) is 10.3 Å². The van der Waals surface area contributed by atoms with Gasteiger partial charge in [-0.3, -0.25) is 14.9 Å². The monoisotopic (exact) mass is 305 g/mol. The van der Waals surface area contributed by atoms with E-state index in [1.165, 1.54) is 26.2 Å². The van der Waals surface area contributed by atoms with E-state index in [4.69, 9.17) is 0 Å². The predicted molar refractivity (Wildman–Crippen MR) is 78.3 cm³/mol. The fourth-order valence-electron chi connectivity index (χ4n) is 2.26. The molecular weight excluding hydrogens is 290 g/mol. The van der Waals surface area contributed by atoms with E-state index in [-0.39, 0.29) is 18.0 Å². The van der Waals surface area contributed by atoms with Crippen molar-refractivity contribution in [1.29, 1.82) is 0 Å². The fourth-order valence-corrected chi connectivity index (χ4v) is 2.26. The number of non-ortho nitro benzene ring substituents is 1. The Morgan fingerprint density at radius 2 is 2.18 bits per heavy atom. The number of nitro groups is 1. The Labute approximate surface area is 125 Å². The molecule has 0 aliphatic heterocycles. The van der Waals surface area contributed by atoms with E-state index in [1.54, 1.807) is 12.3 Å². The smallest absolute Gasteiger partial charge is 0.328 e. The van der Waals surface area contributed by atoms with Gasteiger partial charge >= 0.3 is 5.97 Å². The number of hydrogen-bond acceptors (Lipinski definition) is 5. The van der Waals surface area contributed by atoms with Gasteiger partial charge in [-0.15, -0.1) is 0 Å². The van der Waals surface area contributed by atoms with E-state index in [9.17, 15) is 19.7 Å². The first kappa shape index (κ1) is 15.5. The third kappa shape index (κ3) is 3.22. The third-order valence-electron chi connectivity index (χ3n) is 3.25. The summed E-state index contributed by atoms with van der Waals surface area (Å²) in [6, 6.07) is 3.62. The van der Waals surface area contributed by atoms with Crippen LogP contribution < -0.4 is 5.32 Å². The number of carbonyl (C=O) groups excluding carboxylic acids is 2. The molecule has 0 saturated carbocycles. The minimum Gasteiger partial charge on any atom is -0.467 e. The third-order valence-corrected chi connectivity index (χ3v) is 3.25. The average molecular weight is 305 g/mol. The largest absolute Gasteiger partial charge is 0.467 e. The topological polar surface area (TPSA) is 114 Å². The van der Waals surface area contributed by atoms with Crippen LogP contribution in [-0.2, 0) is 20.7 Å². The number of fused-ring (bicyclic) bond motifs is 1. The Morgan fingerprint density at radius 1 is 1.45 bits per heavy atom. The molecule has 0 aliphatic carbocycles. The highest BCUT2D eigenvalue weighted by molar-refractivity contribution is 5.87. The number of nitro benzene ring substituents is 1. The average Bonchev–Trinajstić information content (AvgIpc) is 2.87. The molecule has 2 rings (SSSR count). The van der Waals surface area contributed by atoms with Crippen LogP contribution in [0.25, 0.3) is 10.9 Å². The number of esters is 1. The second-order valence-corrected chi connectivity index (χ2v) is 4.78. The number of aromatic amines is 1. The van der Waals surface area contributed by atoms with E-state index in [0.29, 0.717) is 5.52 Å². The highest BCUT2D eigenvalue weighted by Crippen LogP contribution is 2.24.